The summed E-state index contributed by atoms with van der Waals surface area (Å²) in [6.07, 6.45) is 0.974. The van der Waals surface area contributed by atoms with Crippen molar-refractivity contribution in [2.24, 2.45) is 0 Å². The second-order valence-electron chi connectivity index (χ2n) is 4.16. The van der Waals surface area contributed by atoms with E-state index in [1.807, 2.05) is 0 Å². The van der Waals surface area contributed by atoms with Crippen molar-refractivity contribution in [3.8, 4) is 0 Å². The highest BCUT2D eigenvalue weighted by atomic mass is 19.1. The van der Waals surface area contributed by atoms with Gasteiger partial charge in [-0.3, -0.25) is 10.1 Å². The Morgan fingerprint density at radius 3 is 2.52 bits per heavy atom. The van der Waals surface area contributed by atoms with Crippen LogP contribution in [-0.4, -0.2) is 28.0 Å². The van der Waals surface area contributed by atoms with Crippen molar-refractivity contribution in [3.63, 3.8) is 0 Å². The minimum absolute atomic E-state index is 0.0275. The molecule has 1 heterocycles. The van der Waals surface area contributed by atoms with Crippen LogP contribution in [0.15, 0.2) is 36.5 Å². The second kappa shape index (κ2) is 5.53. The molecular weight excluding hydrogens is 281 g/mol. The molecule has 1 N–H and O–H groups in total. The number of benzene rings is 1. The minimum atomic E-state index is -1.34. The van der Waals surface area contributed by atoms with E-state index in [9.17, 15) is 19.3 Å². The van der Waals surface area contributed by atoms with Gasteiger partial charge in [0, 0.05) is 18.8 Å². The smallest absolute Gasteiger partial charge is 0.339 e. The van der Waals surface area contributed by atoms with Crippen LogP contribution in [0.25, 0.3) is 0 Å². The van der Waals surface area contributed by atoms with Gasteiger partial charge in [-0.1, -0.05) is 0 Å². The number of hydrogen-bond acceptors (Lipinski definition) is 5. The number of hydrogen-bond donors (Lipinski definition) is 1. The standard InChI is InChI=1S/C13H10FN3O4/c1-16(9-4-2-8(14)3-5-9)12-11(13(18)19)6-10(7-15-12)17(20)21/h2-7H,1H3,(H,18,19). The summed E-state index contributed by atoms with van der Waals surface area (Å²) in [5, 5.41) is 19.8. The fourth-order valence-electron chi connectivity index (χ4n) is 1.76. The van der Waals surface area contributed by atoms with Crippen molar-refractivity contribution in [1.29, 1.82) is 0 Å². The summed E-state index contributed by atoms with van der Waals surface area (Å²) in [6.45, 7) is 0. The molecule has 0 fully saturated rings. The van der Waals surface area contributed by atoms with Crippen LogP contribution in [-0.2, 0) is 0 Å². The lowest BCUT2D eigenvalue weighted by molar-refractivity contribution is -0.385. The van der Waals surface area contributed by atoms with E-state index in [4.69, 9.17) is 5.11 Å². The number of aromatic carboxylic acids is 1. The number of carboxylic acid groups (broad SMARTS) is 1. The molecule has 0 atom stereocenters. The van der Waals surface area contributed by atoms with Gasteiger partial charge in [0.2, 0.25) is 0 Å². The first kappa shape index (κ1) is 14.4. The lowest BCUT2D eigenvalue weighted by Crippen LogP contribution is -2.16. The van der Waals surface area contributed by atoms with Crippen LogP contribution < -0.4 is 4.90 Å². The summed E-state index contributed by atoms with van der Waals surface area (Å²) >= 11 is 0. The molecule has 0 amide bonds. The lowest BCUT2D eigenvalue weighted by Gasteiger charge is -2.19. The average Bonchev–Trinajstić information content (AvgIpc) is 2.46. The summed E-state index contributed by atoms with van der Waals surface area (Å²) in [6, 6.07) is 6.27. The van der Waals surface area contributed by atoms with Crippen LogP contribution in [0.1, 0.15) is 10.4 Å². The van der Waals surface area contributed by atoms with Crippen LogP contribution >= 0.6 is 0 Å². The molecule has 1 aromatic heterocycles. The number of carboxylic acids is 1. The van der Waals surface area contributed by atoms with E-state index in [2.05, 4.69) is 4.98 Å². The van der Waals surface area contributed by atoms with Crippen molar-refractivity contribution in [2.45, 2.75) is 0 Å². The van der Waals surface area contributed by atoms with E-state index in [0.717, 1.165) is 12.3 Å². The highest BCUT2D eigenvalue weighted by molar-refractivity contribution is 5.95. The van der Waals surface area contributed by atoms with E-state index in [1.54, 1.807) is 0 Å². The third kappa shape index (κ3) is 2.94. The van der Waals surface area contributed by atoms with E-state index in [0.29, 0.717) is 5.69 Å². The summed E-state index contributed by atoms with van der Waals surface area (Å²) in [5.41, 5.74) is -0.222. The average molecular weight is 291 g/mol. The van der Waals surface area contributed by atoms with Gasteiger partial charge in [-0.05, 0) is 24.3 Å². The number of carbonyl (C=O) groups is 1. The number of aromatic nitrogens is 1. The molecule has 0 saturated heterocycles. The van der Waals surface area contributed by atoms with E-state index in [-0.39, 0.29) is 11.4 Å². The third-order valence-corrected chi connectivity index (χ3v) is 2.83. The van der Waals surface area contributed by atoms with Crippen LogP contribution in [0, 0.1) is 15.9 Å². The Hall–Kier alpha value is -3.03. The quantitative estimate of drug-likeness (QED) is 0.687. The van der Waals surface area contributed by atoms with Crippen molar-refractivity contribution in [1.82, 2.24) is 4.98 Å². The molecule has 2 aromatic rings. The molecule has 0 spiro atoms. The third-order valence-electron chi connectivity index (χ3n) is 2.83. The molecule has 0 unspecified atom stereocenters. The van der Waals surface area contributed by atoms with Crippen molar-refractivity contribution in [3.05, 3.63) is 58.0 Å². The number of anilines is 2. The summed E-state index contributed by atoms with van der Waals surface area (Å²) in [4.78, 5) is 26.4. The topological polar surface area (TPSA) is 96.6 Å². The highest BCUT2D eigenvalue weighted by Crippen LogP contribution is 2.27. The first-order valence-electron chi connectivity index (χ1n) is 5.77. The van der Waals surface area contributed by atoms with Crippen molar-refractivity contribution >= 4 is 23.2 Å². The molecule has 0 aliphatic carbocycles. The Balaban J connectivity index is 2.49. The van der Waals surface area contributed by atoms with Gasteiger partial charge < -0.3 is 10.0 Å². The van der Waals surface area contributed by atoms with E-state index in [1.165, 1.54) is 36.2 Å². The minimum Gasteiger partial charge on any atom is -0.478 e. The molecule has 0 aliphatic rings. The number of halogens is 1. The van der Waals surface area contributed by atoms with E-state index < -0.39 is 22.4 Å². The van der Waals surface area contributed by atoms with Crippen LogP contribution in [0.3, 0.4) is 0 Å². The van der Waals surface area contributed by atoms with Gasteiger partial charge in [0.25, 0.3) is 5.69 Å². The molecular formula is C13H10FN3O4. The first-order chi connectivity index (χ1) is 9.90. The Morgan fingerprint density at radius 2 is 2.00 bits per heavy atom. The Labute approximate surface area is 118 Å². The zero-order valence-corrected chi connectivity index (χ0v) is 10.9. The van der Waals surface area contributed by atoms with Gasteiger partial charge in [0.15, 0.2) is 0 Å². The predicted molar refractivity (Wildman–Crippen MR) is 72.3 cm³/mol. The Bertz CT molecular complexity index is 703. The molecule has 108 valence electrons. The number of nitro groups is 1. The highest BCUT2D eigenvalue weighted by Gasteiger charge is 2.20. The Kier molecular flexibility index (Phi) is 3.79. The Morgan fingerprint density at radius 1 is 1.38 bits per heavy atom. The van der Waals surface area contributed by atoms with E-state index >= 15 is 0 Å². The fourth-order valence-corrected chi connectivity index (χ4v) is 1.76. The maximum absolute atomic E-state index is 12.9. The van der Waals surface area contributed by atoms with Gasteiger partial charge >= 0.3 is 5.97 Å². The van der Waals surface area contributed by atoms with Gasteiger partial charge in [-0.25, -0.2) is 14.2 Å². The maximum Gasteiger partial charge on any atom is 0.339 e. The van der Waals surface area contributed by atoms with Gasteiger partial charge in [0.05, 0.1) is 4.92 Å². The molecule has 0 aliphatic heterocycles. The lowest BCUT2D eigenvalue weighted by atomic mass is 10.2. The number of rotatable bonds is 4. The molecule has 0 saturated carbocycles. The first-order valence-corrected chi connectivity index (χ1v) is 5.77. The zero-order valence-electron chi connectivity index (χ0n) is 10.9. The van der Waals surface area contributed by atoms with Crippen LogP contribution in [0.2, 0.25) is 0 Å². The summed E-state index contributed by atoms with van der Waals surface area (Å²) < 4.78 is 12.9. The molecule has 0 bridgehead atoms. The van der Waals surface area contributed by atoms with Crippen LogP contribution in [0.5, 0.6) is 0 Å². The van der Waals surface area contributed by atoms with Crippen molar-refractivity contribution in [2.75, 3.05) is 11.9 Å². The largest absolute Gasteiger partial charge is 0.478 e. The van der Waals surface area contributed by atoms with Gasteiger partial charge in [-0.15, -0.1) is 0 Å². The van der Waals surface area contributed by atoms with Crippen LogP contribution in [0.4, 0.5) is 21.6 Å². The molecule has 7 nitrogen and oxygen atoms in total. The zero-order chi connectivity index (χ0) is 15.6. The second-order valence-corrected chi connectivity index (χ2v) is 4.16. The molecule has 0 radical (unpaired) electrons. The normalized spacial score (nSPS) is 10.2. The number of pyridine rings is 1. The SMILES string of the molecule is CN(c1ccc(F)cc1)c1ncc([N+](=O)[O-])cc1C(=O)O. The molecule has 1 aromatic carbocycles. The summed E-state index contributed by atoms with van der Waals surface area (Å²) in [7, 11) is 1.54. The maximum atomic E-state index is 12.9. The van der Waals surface area contributed by atoms with Crippen molar-refractivity contribution < 1.29 is 19.2 Å². The van der Waals surface area contributed by atoms with Gasteiger partial charge in [0.1, 0.15) is 23.4 Å². The molecule has 8 heteroatoms. The molecule has 21 heavy (non-hydrogen) atoms. The summed E-state index contributed by atoms with van der Waals surface area (Å²) in [5.74, 6) is -1.74. The van der Waals surface area contributed by atoms with Gasteiger partial charge in [-0.2, -0.15) is 0 Å². The fraction of sp³-hybridized carbons (Fsp3) is 0.0769. The monoisotopic (exact) mass is 291 g/mol. The number of nitrogens with zero attached hydrogens (tertiary/aromatic N) is 3. The predicted octanol–water partition coefficient (Wildman–Crippen LogP) is 2.60. The molecule has 2 rings (SSSR count).